The van der Waals surface area contributed by atoms with E-state index in [4.69, 9.17) is 9.47 Å². The monoisotopic (exact) mass is 340 g/mol. The molecule has 6 heteroatoms. The summed E-state index contributed by atoms with van der Waals surface area (Å²) in [7, 11) is 0. The van der Waals surface area contributed by atoms with Crippen LogP contribution in [0.4, 0.5) is 5.82 Å². The van der Waals surface area contributed by atoms with Crippen molar-refractivity contribution in [2.45, 2.75) is 51.7 Å². The first-order valence-corrected chi connectivity index (χ1v) is 9.07. The van der Waals surface area contributed by atoms with E-state index in [0.717, 1.165) is 43.1 Å². The Bertz CT molecular complexity index is 744. The summed E-state index contributed by atoms with van der Waals surface area (Å²) in [4.78, 5) is 13.5. The van der Waals surface area contributed by atoms with Gasteiger partial charge in [-0.1, -0.05) is 0 Å². The van der Waals surface area contributed by atoms with Gasteiger partial charge >= 0.3 is 0 Å². The maximum atomic E-state index is 5.89. The van der Waals surface area contributed by atoms with Crippen molar-refractivity contribution in [3.05, 3.63) is 41.0 Å². The summed E-state index contributed by atoms with van der Waals surface area (Å²) in [6, 6.07) is 4.00. The van der Waals surface area contributed by atoms with Crippen LogP contribution in [0.3, 0.4) is 0 Å². The summed E-state index contributed by atoms with van der Waals surface area (Å²) in [6.07, 6.45) is 7.39. The highest BCUT2D eigenvalue weighted by Gasteiger charge is 2.18. The average molecular weight is 340 g/mol. The molecule has 0 aromatic carbocycles. The van der Waals surface area contributed by atoms with Gasteiger partial charge in [-0.05, 0) is 44.2 Å². The van der Waals surface area contributed by atoms with Gasteiger partial charge in [0.05, 0.1) is 13.2 Å². The van der Waals surface area contributed by atoms with E-state index in [1.54, 1.807) is 6.20 Å². The Kier molecular flexibility index (Phi) is 4.78. The van der Waals surface area contributed by atoms with E-state index in [1.807, 2.05) is 19.1 Å². The van der Waals surface area contributed by atoms with Crippen molar-refractivity contribution < 1.29 is 9.47 Å². The first-order chi connectivity index (χ1) is 12.3. The first-order valence-electron chi connectivity index (χ1n) is 9.07. The molecule has 0 saturated carbocycles. The molecule has 1 unspecified atom stereocenters. The molecule has 1 atom stereocenters. The third-order valence-electron chi connectivity index (χ3n) is 4.73. The maximum Gasteiger partial charge on any atom is 0.213 e. The Morgan fingerprint density at radius 2 is 2.20 bits per heavy atom. The predicted octanol–water partition coefficient (Wildman–Crippen LogP) is 2.84. The lowest BCUT2D eigenvalue weighted by Crippen LogP contribution is -2.17. The van der Waals surface area contributed by atoms with Crippen LogP contribution in [0.2, 0.25) is 0 Å². The summed E-state index contributed by atoms with van der Waals surface area (Å²) in [5.74, 6) is 2.48. The van der Waals surface area contributed by atoms with Crippen LogP contribution in [0.1, 0.15) is 41.9 Å². The molecule has 2 aromatic heterocycles. The zero-order chi connectivity index (χ0) is 17.1. The molecule has 3 heterocycles. The summed E-state index contributed by atoms with van der Waals surface area (Å²) in [5.41, 5.74) is 3.62. The van der Waals surface area contributed by atoms with Crippen LogP contribution >= 0.6 is 0 Å². The molecule has 1 aliphatic heterocycles. The lowest BCUT2D eigenvalue weighted by atomic mass is 9.96. The Morgan fingerprint density at radius 1 is 1.28 bits per heavy atom. The van der Waals surface area contributed by atoms with Crippen LogP contribution in [0, 0.1) is 6.92 Å². The third kappa shape index (κ3) is 3.90. The first kappa shape index (κ1) is 16.3. The number of fused-ring (bicyclic) bond motifs is 1. The second kappa shape index (κ2) is 7.35. The molecule has 1 N–H and O–H groups in total. The molecule has 0 spiro atoms. The van der Waals surface area contributed by atoms with Gasteiger partial charge in [0.1, 0.15) is 17.7 Å². The number of ether oxygens (including phenoxy) is 2. The molecule has 4 rings (SSSR count). The van der Waals surface area contributed by atoms with Crippen molar-refractivity contribution in [3.63, 3.8) is 0 Å². The molecule has 6 nitrogen and oxygen atoms in total. The number of rotatable bonds is 5. The third-order valence-corrected chi connectivity index (χ3v) is 4.73. The number of hydrogen-bond acceptors (Lipinski definition) is 6. The number of anilines is 1. The van der Waals surface area contributed by atoms with Gasteiger partial charge in [0.25, 0.3) is 0 Å². The Labute approximate surface area is 148 Å². The summed E-state index contributed by atoms with van der Waals surface area (Å²) in [6.45, 7) is 4.08. The van der Waals surface area contributed by atoms with E-state index in [-0.39, 0.29) is 6.10 Å². The fraction of sp³-hybridized carbons (Fsp3) is 0.526. The van der Waals surface area contributed by atoms with Crippen LogP contribution in [0.25, 0.3) is 0 Å². The number of nitrogens with one attached hydrogen (secondary N) is 1. The van der Waals surface area contributed by atoms with E-state index < -0.39 is 0 Å². The maximum absolute atomic E-state index is 5.89. The molecule has 1 aliphatic carbocycles. The summed E-state index contributed by atoms with van der Waals surface area (Å²) >= 11 is 0. The predicted molar refractivity (Wildman–Crippen MR) is 94.8 cm³/mol. The molecule has 2 aliphatic rings. The van der Waals surface area contributed by atoms with Crippen LogP contribution in [0.15, 0.2) is 18.3 Å². The smallest absolute Gasteiger partial charge is 0.213 e. The molecule has 0 radical (unpaired) electrons. The molecule has 0 bridgehead atoms. The van der Waals surface area contributed by atoms with Crippen LogP contribution in [0.5, 0.6) is 5.88 Å². The summed E-state index contributed by atoms with van der Waals surface area (Å²) < 4.78 is 11.2. The van der Waals surface area contributed by atoms with E-state index in [9.17, 15) is 0 Å². The van der Waals surface area contributed by atoms with Crippen molar-refractivity contribution in [1.29, 1.82) is 0 Å². The molecule has 0 amide bonds. The number of aromatic nitrogens is 3. The molecular formula is C19H24N4O2. The van der Waals surface area contributed by atoms with Gasteiger partial charge in [0.15, 0.2) is 0 Å². The van der Waals surface area contributed by atoms with Crippen molar-refractivity contribution in [2.24, 2.45) is 0 Å². The second-order valence-corrected chi connectivity index (χ2v) is 6.71. The fourth-order valence-corrected chi connectivity index (χ4v) is 3.45. The van der Waals surface area contributed by atoms with Gasteiger partial charge in [-0.15, -0.1) is 0 Å². The van der Waals surface area contributed by atoms with Gasteiger partial charge in [0.2, 0.25) is 5.88 Å². The van der Waals surface area contributed by atoms with Crippen LogP contribution in [-0.2, 0) is 24.1 Å². The molecule has 1 fully saturated rings. The highest BCUT2D eigenvalue weighted by Crippen LogP contribution is 2.26. The van der Waals surface area contributed by atoms with E-state index >= 15 is 0 Å². The minimum absolute atomic E-state index is 0.118. The van der Waals surface area contributed by atoms with Crippen molar-refractivity contribution in [1.82, 2.24) is 15.0 Å². The van der Waals surface area contributed by atoms with Crippen LogP contribution < -0.4 is 10.1 Å². The Morgan fingerprint density at radius 3 is 3.08 bits per heavy atom. The summed E-state index contributed by atoms with van der Waals surface area (Å²) in [5, 5.41) is 3.49. The van der Waals surface area contributed by atoms with E-state index in [1.165, 1.54) is 24.1 Å². The molecule has 25 heavy (non-hydrogen) atoms. The number of aryl methyl sites for hydroxylation is 2. The zero-order valence-electron chi connectivity index (χ0n) is 14.6. The number of nitrogens with zero attached hydrogens (tertiary/aromatic N) is 3. The van der Waals surface area contributed by atoms with Gasteiger partial charge in [0, 0.05) is 36.5 Å². The number of hydrogen-bond donors (Lipinski definition) is 1. The zero-order valence-corrected chi connectivity index (χ0v) is 14.6. The SMILES string of the molecule is Cc1nc2c(c(NCc3ccnc(OC4CCOC4)c3)n1)CCCC2. The molecule has 132 valence electrons. The van der Waals surface area contributed by atoms with Crippen molar-refractivity contribution in [3.8, 4) is 5.88 Å². The largest absolute Gasteiger partial charge is 0.472 e. The van der Waals surface area contributed by atoms with Crippen molar-refractivity contribution >= 4 is 5.82 Å². The topological polar surface area (TPSA) is 69.2 Å². The van der Waals surface area contributed by atoms with Crippen LogP contribution in [-0.4, -0.2) is 34.3 Å². The molecule has 1 saturated heterocycles. The lowest BCUT2D eigenvalue weighted by Gasteiger charge is -2.19. The van der Waals surface area contributed by atoms with E-state index in [0.29, 0.717) is 19.0 Å². The number of pyridine rings is 1. The quantitative estimate of drug-likeness (QED) is 0.903. The highest BCUT2D eigenvalue weighted by molar-refractivity contribution is 5.48. The Hall–Kier alpha value is -2.21. The standard InChI is InChI=1S/C19H24N4O2/c1-13-22-17-5-3-2-4-16(17)19(23-13)21-11-14-6-8-20-18(10-14)25-15-7-9-24-12-15/h6,8,10,15H,2-5,7,9,11-12H2,1H3,(H,21,22,23). The second-order valence-electron chi connectivity index (χ2n) is 6.71. The minimum atomic E-state index is 0.118. The minimum Gasteiger partial charge on any atom is -0.472 e. The highest BCUT2D eigenvalue weighted by atomic mass is 16.5. The average Bonchev–Trinajstić information content (AvgIpc) is 3.13. The molecule has 2 aromatic rings. The Balaban J connectivity index is 1.45. The van der Waals surface area contributed by atoms with Gasteiger partial charge in [-0.2, -0.15) is 0 Å². The fourth-order valence-electron chi connectivity index (χ4n) is 3.45. The van der Waals surface area contributed by atoms with E-state index in [2.05, 4.69) is 20.3 Å². The van der Waals surface area contributed by atoms with Gasteiger partial charge in [-0.25, -0.2) is 15.0 Å². The molecular weight excluding hydrogens is 316 g/mol. The van der Waals surface area contributed by atoms with Gasteiger partial charge in [-0.3, -0.25) is 0 Å². The van der Waals surface area contributed by atoms with Gasteiger partial charge < -0.3 is 14.8 Å². The lowest BCUT2D eigenvalue weighted by molar-refractivity contribution is 0.138. The van der Waals surface area contributed by atoms with Crippen molar-refractivity contribution in [2.75, 3.05) is 18.5 Å². The normalized spacial score (nSPS) is 19.5.